The zero-order valence-electron chi connectivity index (χ0n) is 18.8. The molecule has 0 N–H and O–H groups in total. The predicted molar refractivity (Wildman–Crippen MR) is 123 cm³/mol. The van der Waals surface area contributed by atoms with Crippen molar-refractivity contribution < 1.29 is 23.9 Å². The van der Waals surface area contributed by atoms with Gasteiger partial charge in [-0.2, -0.15) is 0 Å². The van der Waals surface area contributed by atoms with Gasteiger partial charge in [0, 0.05) is 22.8 Å². The van der Waals surface area contributed by atoms with Crippen molar-refractivity contribution in [2.75, 3.05) is 11.4 Å². The normalized spacial score (nSPS) is 20.1. The largest absolute Gasteiger partial charge is 0.460 e. The lowest BCUT2D eigenvalue weighted by molar-refractivity contribution is -0.154. The van der Waals surface area contributed by atoms with Crippen LogP contribution in [0.1, 0.15) is 44.7 Å². The molecule has 172 valence electrons. The fourth-order valence-corrected chi connectivity index (χ4v) is 4.58. The molecule has 0 radical (unpaired) electrons. The molecule has 2 aliphatic heterocycles. The van der Waals surface area contributed by atoms with Crippen molar-refractivity contribution in [2.45, 2.75) is 51.2 Å². The van der Waals surface area contributed by atoms with Gasteiger partial charge in [0.25, 0.3) is 0 Å². The number of esters is 1. The number of hydrogen-bond acceptors (Lipinski definition) is 5. The van der Waals surface area contributed by atoms with E-state index in [0.717, 1.165) is 10.5 Å². The van der Waals surface area contributed by atoms with Crippen LogP contribution in [0.4, 0.5) is 5.69 Å². The van der Waals surface area contributed by atoms with Gasteiger partial charge in [0.05, 0.1) is 19.4 Å². The van der Waals surface area contributed by atoms with Gasteiger partial charge in [-0.15, -0.1) is 0 Å². The standard InChI is InChI=1S/C25H25ClN2O5/c1-24(2,3)33-21(30)11-12-27-19-10-9-17(26)13-18(19)25(22(27)31)14-20(29)28(23(25)32)15-16-7-5-4-6-8-16/h4-10,13H,11-12,14-15H2,1-3H3. The molecule has 1 atom stereocenters. The summed E-state index contributed by atoms with van der Waals surface area (Å²) >= 11 is 6.22. The van der Waals surface area contributed by atoms with E-state index in [0.29, 0.717) is 16.3 Å². The zero-order chi connectivity index (χ0) is 24.0. The summed E-state index contributed by atoms with van der Waals surface area (Å²) in [5, 5.41) is 0.358. The summed E-state index contributed by atoms with van der Waals surface area (Å²) < 4.78 is 5.35. The number of imide groups is 1. The number of likely N-dealkylation sites (tertiary alicyclic amines) is 1. The average molecular weight is 469 g/mol. The van der Waals surface area contributed by atoms with Gasteiger partial charge in [0.2, 0.25) is 17.7 Å². The highest BCUT2D eigenvalue weighted by molar-refractivity contribution is 6.32. The first-order valence-corrected chi connectivity index (χ1v) is 11.1. The van der Waals surface area contributed by atoms with Crippen LogP contribution in [-0.4, -0.2) is 40.7 Å². The minimum absolute atomic E-state index is 0.0320. The monoisotopic (exact) mass is 468 g/mol. The van der Waals surface area contributed by atoms with Crippen LogP contribution in [0.2, 0.25) is 5.02 Å². The van der Waals surface area contributed by atoms with Gasteiger partial charge in [-0.1, -0.05) is 41.9 Å². The van der Waals surface area contributed by atoms with Gasteiger partial charge in [0.15, 0.2) is 5.41 Å². The molecule has 1 unspecified atom stereocenters. The SMILES string of the molecule is CC(C)(C)OC(=O)CCN1C(=O)C2(CC(=O)N(Cc3ccccc3)C2=O)c2cc(Cl)ccc21. The lowest BCUT2D eigenvalue weighted by atomic mass is 9.80. The number of nitrogens with zero attached hydrogens (tertiary/aromatic N) is 2. The molecule has 1 saturated heterocycles. The molecule has 1 spiro atoms. The number of hydrogen-bond donors (Lipinski definition) is 0. The quantitative estimate of drug-likeness (QED) is 0.380. The van der Waals surface area contributed by atoms with Gasteiger partial charge >= 0.3 is 5.97 Å². The Morgan fingerprint density at radius 1 is 1.03 bits per heavy atom. The Bertz CT molecular complexity index is 1140. The first-order valence-electron chi connectivity index (χ1n) is 10.8. The van der Waals surface area contributed by atoms with Crippen LogP contribution in [0.15, 0.2) is 48.5 Å². The van der Waals surface area contributed by atoms with Crippen molar-refractivity contribution >= 4 is 41.0 Å². The lowest BCUT2D eigenvalue weighted by Gasteiger charge is -2.23. The topological polar surface area (TPSA) is 84.0 Å². The minimum atomic E-state index is -1.67. The highest BCUT2D eigenvalue weighted by Crippen LogP contribution is 2.49. The zero-order valence-corrected chi connectivity index (χ0v) is 19.5. The van der Waals surface area contributed by atoms with Gasteiger partial charge in [0.1, 0.15) is 5.60 Å². The summed E-state index contributed by atoms with van der Waals surface area (Å²) in [5.74, 6) is -1.95. The van der Waals surface area contributed by atoms with E-state index >= 15 is 0 Å². The van der Waals surface area contributed by atoms with Crippen LogP contribution in [0.3, 0.4) is 0 Å². The van der Waals surface area contributed by atoms with Crippen LogP contribution >= 0.6 is 11.6 Å². The fourth-order valence-electron chi connectivity index (χ4n) is 4.40. The summed E-state index contributed by atoms with van der Waals surface area (Å²) in [6, 6.07) is 14.0. The Labute approximate surface area is 197 Å². The number of ether oxygens (including phenoxy) is 1. The summed E-state index contributed by atoms with van der Waals surface area (Å²) in [7, 11) is 0. The van der Waals surface area contributed by atoms with Crippen molar-refractivity contribution in [2.24, 2.45) is 0 Å². The fraction of sp³-hybridized carbons (Fsp3) is 0.360. The van der Waals surface area contributed by atoms with Gasteiger partial charge < -0.3 is 9.64 Å². The molecule has 1 fully saturated rings. The van der Waals surface area contributed by atoms with Crippen LogP contribution < -0.4 is 4.90 Å². The number of carbonyl (C=O) groups excluding carboxylic acids is 4. The Morgan fingerprint density at radius 3 is 2.36 bits per heavy atom. The molecular weight excluding hydrogens is 444 g/mol. The number of amides is 3. The minimum Gasteiger partial charge on any atom is -0.460 e. The molecule has 33 heavy (non-hydrogen) atoms. The summed E-state index contributed by atoms with van der Waals surface area (Å²) in [6.07, 6.45) is -0.315. The molecule has 2 aromatic carbocycles. The maximum Gasteiger partial charge on any atom is 0.308 e. The number of rotatable bonds is 5. The Kier molecular flexibility index (Phi) is 5.78. The summed E-state index contributed by atoms with van der Waals surface area (Å²) in [6.45, 7) is 5.42. The van der Waals surface area contributed by atoms with E-state index in [4.69, 9.17) is 16.3 Å². The smallest absolute Gasteiger partial charge is 0.308 e. The number of benzene rings is 2. The van der Waals surface area contributed by atoms with Crippen molar-refractivity contribution in [1.82, 2.24) is 4.90 Å². The second kappa shape index (κ2) is 8.30. The lowest BCUT2D eigenvalue weighted by Crippen LogP contribution is -2.46. The van der Waals surface area contributed by atoms with Crippen LogP contribution in [0, 0.1) is 0 Å². The first kappa shape index (κ1) is 23.0. The Hall–Kier alpha value is -3.19. The van der Waals surface area contributed by atoms with E-state index < -0.39 is 34.7 Å². The molecule has 0 aliphatic carbocycles. The van der Waals surface area contributed by atoms with E-state index in [2.05, 4.69) is 0 Å². The summed E-state index contributed by atoms with van der Waals surface area (Å²) in [4.78, 5) is 55.0. The molecule has 2 aromatic rings. The van der Waals surface area contributed by atoms with Gasteiger partial charge in [-0.3, -0.25) is 24.1 Å². The van der Waals surface area contributed by atoms with Crippen molar-refractivity contribution in [3.63, 3.8) is 0 Å². The summed E-state index contributed by atoms with van der Waals surface area (Å²) in [5.41, 5.74) is -0.645. The average Bonchev–Trinajstić information content (AvgIpc) is 3.12. The number of carbonyl (C=O) groups is 4. The maximum absolute atomic E-state index is 13.7. The third kappa shape index (κ3) is 4.13. The van der Waals surface area contributed by atoms with E-state index in [1.165, 1.54) is 4.90 Å². The molecule has 0 aromatic heterocycles. The highest BCUT2D eigenvalue weighted by Gasteiger charge is 2.63. The third-order valence-electron chi connectivity index (χ3n) is 5.79. The number of fused-ring (bicyclic) bond motifs is 2. The molecule has 3 amide bonds. The van der Waals surface area contributed by atoms with E-state index in [-0.39, 0.29) is 25.9 Å². The van der Waals surface area contributed by atoms with E-state index in [1.807, 2.05) is 30.3 Å². The highest BCUT2D eigenvalue weighted by atomic mass is 35.5. The van der Waals surface area contributed by atoms with Crippen molar-refractivity contribution in [1.29, 1.82) is 0 Å². The molecule has 0 bridgehead atoms. The second-order valence-corrected chi connectivity index (χ2v) is 9.74. The predicted octanol–water partition coefficient (Wildman–Crippen LogP) is 3.62. The number of halogens is 1. The molecule has 2 aliphatic rings. The van der Waals surface area contributed by atoms with Crippen LogP contribution in [0.5, 0.6) is 0 Å². The maximum atomic E-state index is 13.7. The van der Waals surface area contributed by atoms with Crippen molar-refractivity contribution in [3.8, 4) is 0 Å². The molecule has 8 heteroatoms. The number of anilines is 1. The van der Waals surface area contributed by atoms with Crippen LogP contribution in [-0.2, 0) is 35.9 Å². The van der Waals surface area contributed by atoms with Crippen LogP contribution in [0.25, 0.3) is 0 Å². The second-order valence-electron chi connectivity index (χ2n) is 9.31. The molecular formula is C25H25ClN2O5. The molecule has 4 rings (SSSR count). The Morgan fingerprint density at radius 2 is 1.70 bits per heavy atom. The molecule has 0 saturated carbocycles. The van der Waals surface area contributed by atoms with Gasteiger partial charge in [-0.25, -0.2) is 0 Å². The molecule has 7 nitrogen and oxygen atoms in total. The van der Waals surface area contributed by atoms with Gasteiger partial charge in [-0.05, 0) is 44.5 Å². The van der Waals surface area contributed by atoms with Crippen molar-refractivity contribution in [3.05, 3.63) is 64.7 Å². The Balaban J connectivity index is 1.66. The molecule has 2 heterocycles. The van der Waals surface area contributed by atoms with E-state index in [9.17, 15) is 19.2 Å². The van der Waals surface area contributed by atoms with E-state index in [1.54, 1.807) is 39.0 Å². The first-order chi connectivity index (χ1) is 15.5. The third-order valence-corrected chi connectivity index (χ3v) is 6.03.